The zero-order valence-corrected chi connectivity index (χ0v) is 33.5. The predicted octanol–water partition coefficient (Wildman–Crippen LogP) is 8.17. The van der Waals surface area contributed by atoms with Crippen molar-refractivity contribution in [1.29, 1.82) is 0 Å². The van der Waals surface area contributed by atoms with Crippen molar-refractivity contribution in [1.82, 2.24) is 9.88 Å². The second-order valence-corrected chi connectivity index (χ2v) is 11.8. The molecular weight excluding hydrogens is 728 g/mol. The summed E-state index contributed by atoms with van der Waals surface area (Å²) >= 11 is 0. The van der Waals surface area contributed by atoms with Crippen LogP contribution in [0, 0.1) is 17.0 Å². The minimum atomic E-state index is -1.29. The predicted molar refractivity (Wildman–Crippen MR) is 213 cm³/mol. The van der Waals surface area contributed by atoms with Gasteiger partial charge < -0.3 is 45.0 Å². The maximum absolute atomic E-state index is 15.2. The van der Waals surface area contributed by atoms with Crippen molar-refractivity contribution in [2.24, 2.45) is 11.1 Å². The molecule has 15 heteroatoms. The van der Waals surface area contributed by atoms with E-state index in [4.69, 9.17) is 19.9 Å². The lowest BCUT2D eigenvalue weighted by Crippen LogP contribution is -2.36. The van der Waals surface area contributed by atoms with Gasteiger partial charge in [-0.15, -0.1) is 0 Å². The smallest absolute Gasteiger partial charge is 0.314 e. The molecule has 0 radical (unpaired) electrons. The highest BCUT2D eigenvalue weighted by Crippen LogP contribution is 2.47. The highest BCUT2D eigenvalue weighted by Gasteiger charge is 2.56. The van der Waals surface area contributed by atoms with E-state index < -0.39 is 34.9 Å². The molecule has 1 heterocycles. The van der Waals surface area contributed by atoms with Gasteiger partial charge in [-0.05, 0) is 88.6 Å². The fourth-order valence-corrected chi connectivity index (χ4v) is 4.85. The molecule has 0 saturated heterocycles. The highest BCUT2D eigenvalue weighted by molar-refractivity contribution is 6.16. The zero-order chi connectivity index (χ0) is 41.7. The standard InChI is InChI=1S/C33H33F2N5O6.2C3H8O.C2H6/c1-3-40(32(36)43)15-4-16-45-29-19-25-23(18-28(29)44-2)26(11-14-37-25)46-27-10-9-22(17-24(27)35)39-31(42)33(12-13-33)30(41)38-21-7-5-20(34)6-8-21;2*1-3-4-2;1-2/h5-11,14,17-19H,3-4,12-13,15-16H2,1-2H3,(H2,36,43)(H,38,41)(H,39,42);2*3H2,1-2H3;1-2H3. The van der Waals surface area contributed by atoms with Crippen molar-refractivity contribution in [3.05, 3.63) is 78.5 Å². The van der Waals surface area contributed by atoms with E-state index in [1.165, 1.54) is 54.6 Å². The molecule has 0 spiro atoms. The maximum atomic E-state index is 15.2. The fraction of sp³-hybridized carbons (Fsp3) is 0.415. The summed E-state index contributed by atoms with van der Waals surface area (Å²) in [5.74, 6) is -1.23. The number of benzene rings is 3. The molecule has 56 heavy (non-hydrogen) atoms. The van der Waals surface area contributed by atoms with Crippen molar-refractivity contribution < 1.29 is 46.8 Å². The number of ether oxygens (including phenoxy) is 5. The molecule has 5 rings (SSSR count). The lowest BCUT2D eigenvalue weighted by atomic mass is 10.0. The number of urea groups is 1. The van der Waals surface area contributed by atoms with Gasteiger partial charge in [-0.3, -0.25) is 14.6 Å². The summed E-state index contributed by atoms with van der Waals surface area (Å²) < 4.78 is 54.8. The van der Waals surface area contributed by atoms with Crippen LogP contribution < -0.4 is 30.6 Å². The average molecular weight is 784 g/mol. The Morgan fingerprint density at radius 3 is 1.91 bits per heavy atom. The number of pyridine rings is 1. The number of carbonyl (C=O) groups is 3. The number of hydrogen-bond acceptors (Lipinski definition) is 9. The summed E-state index contributed by atoms with van der Waals surface area (Å²) in [6.07, 6.45) is 2.72. The van der Waals surface area contributed by atoms with Crippen LogP contribution in [-0.4, -0.2) is 82.0 Å². The third-order valence-corrected chi connectivity index (χ3v) is 8.22. The Labute approximate surface area is 327 Å². The van der Waals surface area contributed by atoms with Crippen molar-refractivity contribution in [2.45, 2.75) is 53.9 Å². The molecule has 1 saturated carbocycles. The highest BCUT2D eigenvalue weighted by atomic mass is 19.1. The van der Waals surface area contributed by atoms with Crippen LogP contribution in [0.3, 0.4) is 0 Å². The van der Waals surface area contributed by atoms with Gasteiger partial charge in [0.05, 0.1) is 19.2 Å². The zero-order valence-electron chi connectivity index (χ0n) is 33.5. The van der Waals surface area contributed by atoms with Crippen LogP contribution in [0.15, 0.2) is 66.9 Å². The van der Waals surface area contributed by atoms with Gasteiger partial charge in [0, 0.05) is 75.6 Å². The number of anilines is 2. The first-order valence-corrected chi connectivity index (χ1v) is 18.4. The Bertz CT molecular complexity index is 1830. The van der Waals surface area contributed by atoms with E-state index in [-0.39, 0.29) is 11.4 Å². The van der Waals surface area contributed by atoms with E-state index in [9.17, 15) is 18.8 Å². The van der Waals surface area contributed by atoms with Crippen LogP contribution in [0.5, 0.6) is 23.0 Å². The van der Waals surface area contributed by atoms with Crippen molar-refractivity contribution >= 4 is 40.1 Å². The molecule has 0 unspecified atom stereocenters. The first-order chi connectivity index (χ1) is 27.0. The number of primary amides is 1. The molecular formula is C41H55F2N5O8. The largest absolute Gasteiger partial charge is 0.493 e. The number of nitrogens with one attached hydrogen (secondary N) is 2. The van der Waals surface area contributed by atoms with E-state index in [2.05, 4.69) is 25.1 Å². The number of halogens is 2. The minimum absolute atomic E-state index is 0.102. The molecule has 4 aromatic rings. The van der Waals surface area contributed by atoms with Crippen LogP contribution in [-0.2, 0) is 19.1 Å². The third kappa shape index (κ3) is 13.6. The normalized spacial score (nSPS) is 11.9. The Morgan fingerprint density at radius 2 is 1.39 bits per heavy atom. The summed E-state index contributed by atoms with van der Waals surface area (Å²) in [5, 5.41) is 5.79. The molecule has 0 bridgehead atoms. The van der Waals surface area contributed by atoms with Gasteiger partial charge in [-0.25, -0.2) is 13.6 Å². The molecule has 13 nitrogen and oxygen atoms in total. The van der Waals surface area contributed by atoms with Gasteiger partial charge in [0.25, 0.3) is 0 Å². The summed E-state index contributed by atoms with van der Waals surface area (Å²) in [7, 11) is 4.85. The molecule has 3 aromatic carbocycles. The molecule has 0 atom stereocenters. The number of nitrogens with two attached hydrogens (primary N) is 1. The van der Waals surface area contributed by atoms with E-state index in [1.54, 1.807) is 32.4 Å². The lowest BCUT2D eigenvalue weighted by molar-refractivity contribution is -0.131. The van der Waals surface area contributed by atoms with Crippen molar-refractivity contribution in [3.63, 3.8) is 0 Å². The molecule has 1 aliphatic rings. The maximum Gasteiger partial charge on any atom is 0.314 e. The second-order valence-electron chi connectivity index (χ2n) is 11.8. The Balaban J connectivity index is 0.000000975. The molecule has 1 fully saturated rings. The van der Waals surface area contributed by atoms with Crippen molar-refractivity contribution in [2.75, 3.05) is 64.9 Å². The van der Waals surface area contributed by atoms with E-state index in [0.717, 1.165) is 19.3 Å². The Kier molecular flexibility index (Phi) is 20.0. The molecule has 1 aromatic heterocycles. The van der Waals surface area contributed by atoms with Crippen LogP contribution in [0.4, 0.5) is 25.0 Å². The first kappa shape index (κ1) is 46.6. The van der Waals surface area contributed by atoms with Gasteiger partial charge in [-0.2, -0.15) is 0 Å². The second kappa shape index (κ2) is 24.1. The number of methoxy groups -OCH3 is 3. The average Bonchev–Trinajstić information content (AvgIpc) is 4.03. The van der Waals surface area contributed by atoms with Crippen LogP contribution in [0.2, 0.25) is 0 Å². The van der Waals surface area contributed by atoms with Crippen LogP contribution in [0.1, 0.15) is 53.9 Å². The van der Waals surface area contributed by atoms with Gasteiger partial charge >= 0.3 is 6.03 Å². The Morgan fingerprint density at radius 1 is 0.804 bits per heavy atom. The SMILES string of the molecule is CC.CCN(CCCOc1cc2nccc(Oc3ccc(NC(=O)C4(C(=O)Nc5ccc(F)cc5)CC4)cc3F)c2cc1OC)C(N)=O.CCOC.CCOC. The van der Waals surface area contributed by atoms with Crippen molar-refractivity contribution in [3.8, 4) is 23.0 Å². The first-order valence-electron chi connectivity index (χ1n) is 18.4. The summed E-state index contributed by atoms with van der Waals surface area (Å²) in [6, 6.07) is 13.6. The summed E-state index contributed by atoms with van der Waals surface area (Å²) in [5.41, 5.74) is 5.08. The monoisotopic (exact) mass is 783 g/mol. The number of rotatable bonds is 15. The molecule has 4 N–H and O–H groups in total. The number of amides is 4. The van der Waals surface area contributed by atoms with Gasteiger partial charge in [0.1, 0.15) is 17.0 Å². The fourth-order valence-electron chi connectivity index (χ4n) is 4.85. The molecule has 0 aliphatic heterocycles. The number of carbonyl (C=O) groups excluding carboxylic acids is 3. The molecule has 4 amide bonds. The lowest BCUT2D eigenvalue weighted by Gasteiger charge is -2.18. The van der Waals surface area contributed by atoms with E-state index in [1.807, 2.05) is 34.6 Å². The minimum Gasteiger partial charge on any atom is -0.493 e. The number of fused-ring (bicyclic) bond motifs is 1. The van der Waals surface area contributed by atoms with E-state index >= 15 is 4.39 Å². The van der Waals surface area contributed by atoms with Gasteiger partial charge in [0.15, 0.2) is 23.1 Å². The molecule has 1 aliphatic carbocycles. The van der Waals surface area contributed by atoms with E-state index in [0.29, 0.717) is 72.8 Å². The van der Waals surface area contributed by atoms with Gasteiger partial charge in [0.2, 0.25) is 11.8 Å². The van der Waals surface area contributed by atoms with Crippen LogP contribution >= 0.6 is 0 Å². The summed E-state index contributed by atoms with van der Waals surface area (Å²) in [6.45, 7) is 12.6. The topological polar surface area (TPSA) is 164 Å². The Hall–Kier alpha value is -5.54. The number of aromatic nitrogens is 1. The summed E-state index contributed by atoms with van der Waals surface area (Å²) in [4.78, 5) is 43.2. The number of nitrogens with zero attached hydrogens (tertiary/aromatic N) is 2. The quantitative estimate of drug-likeness (QED) is 0.0797. The third-order valence-electron chi connectivity index (χ3n) is 8.22. The van der Waals surface area contributed by atoms with Gasteiger partial charge in [-0.1, -0.05) is 13.8 Å². The number of hydrogen-bond donors (Lipinski definition) is 3. The van der Waals surface area contributed by atoms with Crippen LogP contribution in [0.25, 0.3) is 10.9 Å². The molecule has 306 valence electrons.